The Labute approximate surface area is 139 Å². The van der Waals surface area contributed by atoms with E-state index in [1.54, 1.807) is 0 Å². The van der Waals surface area contributed by atoms with Gasteiger partial charge in [0.2, 0.25) is 0 Å². The van der Waals surface area contributed by atoms with Crippen molar-refractivity contribution in [2.45, 2.75) is 84.5 Å². The van der Waals surface area contributed by atoms with Gasteiger partial charge in [-0.15, -0.1) is 0 Å². The van der Waals surface area contributed by atoms with Crippen LogP contribution < -0.4 is 0 Å². The van der Waals surface area contributed by atoms with Crippen LogP contribution in [-0.4, -0.2) is 36.2 Å². The van der Waals surface area contributed by atoms with Crippen molar-refractivity contribution in [3.63, 3.8) is 0 Å². The van der Waals surface area contributed by atoms with E-state index in [9.17, 15) is 9.59 Å². The Hall–Kier alpha value is -1.14. The molecule has 0 fully saturated rings. The summed E-state index contributed by atoms with van der Waals surface area (Å²) in [7, 11) is 0. The molecular weight excluding hydrogens is 300 g/mol. The summed E-state index contributed by atoms with van der Waals surface area (Å²) in [5, 5.41) is 8.59. The fourth-order valence-electron chi connectivity index (χ4n) is 1.89. The Balaban J connectivity index is 4.44. The van der Waals surface area contributed by atoms with E-state index in [-0.39, 0.29) is 12.8 Å². The monoisotopic (exact) mass is 332 g/mol. The Bertz CT molecular complexity index is 319. The van der Waals surface area contributed by atoms with Crippen LogP contribution in [0.3, 0.4) is 0 Å². The summed E-state index contributed by atoms with van der Waals surface area (Å²) in [5.74, 6) is -2.58. The first-order valence-corrected chi connectivity index (χ1v) is 8.71. The first kappa shape index (κ1) is 21.9. The Kier molecular flexibility index (Phi) is 12.7. The third-order valence-electron chi connectivity index (χ3n) is 3.36. The molecule has 0 rings (SSSR count). The summed E-state index contributed by atoms with van der Waals surface area (Å²) in [6, 6.07) is 0. The van der Waals surface area contributed by atoms with Gasteiger partial charge < -0.3 is 19.3 Å². The van der Waals surface area contributed by atoms with Crippen molar-refractivity contribution in [2.24, 2.45) is 0 Å². The number of carbonyl (C=O) groups excluding carboxylic acids is 1. The van der Waals surface area contributed by atoms with Crippen LogP contribution in [0.25, 0.3) is 0 Å². The van der Waals surface area contributed by atoms with E-state index in [4.69, 9.17) is 19.3 Å². The minimum absolute atomic E-state index is 0.0617. The second-order valence-corrected chi connectivity index (χ2v) is 5.52. The summed E-state index contributed by atoms with van der Waals surface area (Å²) >= 11 is 0. The average molecular weight is 332 g/mol. The largest absolute Gasteiger partial charge is 0.481 e. The normalized spacial score (nSPS) is 11.4. The standard InChI is InChI=1S/C17H32O6/c1-4-7-13-21-17(6-3,22-14-8-5-2)23-16(20)12-10-9-11-15(18)19/h4-14H2,1-3H3,(H,18,19). The molecule has 0 spiro atoms. The SMILES string of the molecule is CCCCOC(CC)(OCCCC)OC(=O)CCCCC(=O)O. The molecule has 0 saturated heterocycles. The number of hydrogen-bond acceptors (Lipinski definition) is 5. The van der Waals surface area contributed by atoms with Crippen LogP contribution in [0.2, 0.25) is 0 Å². The van der Waals surface area contributed by atoms with Crippen LogP contribution in [0.1, 0.15) is 78.6 Å². The smallest absolute Gasteiger partial charge is 0.328 e. The van der Waals surface area contributed by atoms with Crippen LogP contribution >= 0.6 is 0 Å². The van der Waals surface area contributed by atoms with E-state index < -0.39 is 17.9 Å². The van der Waals surface area contributed by atoms with Crippen molar-refractivity contribution in [3.05, 3.63) is 0 Å². The van der Waals surface area contributed by atoms with Gasteiger partial charge in [0.1, 0.15) is 0 Å². The number of esters is 1. The molecule has 0 aliphatic heterocycles. The van der Waals surface area contributed by atoms with Crippen molar-refractivity contribution >= 4 is 11.9 Å². The first-order valence-electron chi connectivity index (χ1n) is 8.71. The predicted octanol–water partition coefficient (Wildman–Crippen LogP) is 3.87. The van der Waals surface area contributed by atoms with Crippen molar-refractivity contribution in [1.29, 1.82) is 0 Å². The van der Waals surface area contributed by atoms with Crippen molar-refractivity contribution in [3.8, 4) is 0 Å². The van der Waals surface area contributed by atoms with Gasteiger partial charge in [-0.2, -0.15) is 0 Å². The van der Waals surface area contributed by atoms with E-state index >= 15 is 0 Å². The molecule has 0 aromatic heterocycles. The Morgan fingerprint density at radius 1 is 0.870 bits per heavy atom. The molecule has 0 aromatic rings. The Morgan fingerprint density at radius 3 is 1.83 bits per heavy atom. The zero-order chi connectivity index (χ0) is 17.6. The van der Waals surface area contributed by atoms with Crippen LogP contribution in [0.15, 0.2) is 0 Å². The molecule has 136 valence electrons. The number of carboxylic acid groups (broad SMARTS) is 1. The second-order valence-electron chi connectivity index (χ2n) is 5.52. The maximum atomic E-state index is 12.0. The maximum Gasteiger partial charge on any atom is 0.328 e. The van der Waals surface area contributed by atoms with Crippen LogP contribution in [0, 0.1) is 0 Å². The highest BCUT2D eigenvalue weighted by atomic mass is 16.9. The molecule has 0 unspecified atom stereocenters. The minimum Gasteiger partial charge on any atom is -0.481 e. The van der Waals surface area contributed by atoms with Crippen LogP contribution in [-0.2, 0) is 23.8 Å². The van der Waals surface area contributed by atoms with Gasteiger partial charge in [0.05, 0.1) is 13.2 Å². The number of carbonyl (C=O) groups is 2. The fourth-order valence-corrected chi connectivity index (χ4v) is 1.89. The zero-order valence-corrected chi connectivity index (χ0v) is 14.8. The van der Waals surface area contributed by atoms with E-state index in [2.05, 4.69) is 13.8 Å². The molecule has 0 aromatic carbocycles. The van der Waals surface area contributed by atoms with Gasteiger partial charge >= 0.3 is 17.9 Å². The van der Waals surface area contributed by atoms with Gasteiger partial charge in [0.15, 0.2) is 0 Å². The molecule has 23 heavy (non-hydrogen) atoms. The lowest BCUT2D eigenvalue weighted by atomic mass is 10.2. The van der Waals surface area contributed by atoms with E-state index in [0.29, 0.717) is 32.5 Å². The highest BCUT2D eigenvalue weighted by Crippen LogP contribution is 2.22. The molecule has 0 aliphatic rings. The number of ether oxygens (including phenoxy) is 3. The van der Waals surface area contributed by atoms with Crippen molar-refractivity contribution < 1.29 is 28.9 Å². The highest BCUT2D eigenvalue weighted by molar-refractivity contribution is 5.70. The lowest BCUT2D eigenvalue weighted by Gasteiger charge is -2.32. The molecule has 0 aliphatic carbocycles. The molecule has 6 heteroatoms. The van der Waals surface area contributed by atoms with Gasteiger partial charge in [-0.3, -0.25) is 9.59 Å². The first-order chi connectivity index (χ1) is 11.0. The summed E-state index contributed by atoms with van der Waals surface area (Å²) in [6.07, 6.45) is 5.29. The predicted molar refractivity (Wildman–Crippen MR) is 86.9 cm³/mol. The lowest BCUT2D eigenvalue weighted by molar-refractivity contribution is -0.364. The van der Waals surface area contributed by atoms with E-state index in [0.717, 1.165) is 25.7 Å². The van der Waals surface area contributed by atoms with Crippen LogP contribution in [0.5, 0.6) is 0 Å². The average Bonchev–Trinajstić information content (AvgIpc) is 2.51. The third-order valence-corrected chi connectivity index (χ3v) is 3.36. The van der Waals surface area contributed by atoms with Gasteiger partial charge in [-0.05, 0) is 25.7 Å². The molecule has 6 nitrogen and oxygen atoms in total. The van der Waals surface area contributed by atoms with Crippen molar-refractivity contribution in [1.82, 2.24) is 0 Å². The summed E-state index contributed by atoms with van der Waals surface area (Å²) in [5.41, 5.74) is 0. The highest BCUT2D eigenvalue weighted by Gasteiger charge is 2.34. The van der Waals surface area contributed by atoms with Gasteiger partial charge in [0.25, 0.3) is 0 Å². The molecule has 0 bridgehead atoms. The molecular formula is C17H32O6. The molecule has 1 N–H and O–H groups in total. The lowest BCUT2D eigenvalue weighted by Crippen LogP contribution is -2.41. The third kappa shape index (κ3) is 11.1. The zero-order valence-electron chi connectivity index (χ0n) is 14.8. The number of carboxylic acids is 1. The number of unbranched alkanes of at least 4 members (excludes halogenated alkanes) is 3. The molecule has 0 amide bonds. The van der Waals surface area contributed by atoms with Gasteiger partial charge in [-0.1, -0.05) is 33.6 Å². The van der Waals surface area contributed by atoms with E-state index in [1.165, 1.54) is 0 Å². The van der Waals surface area contributed by atoms with E-state index in [1.807, 2.05) is 6.92 Å². The second kappa shape index (κ2) is 13.3. The minimum atomic E-state index is -1.31. The van der Waals surface area contributed by atoms with Gasteiger partial charge in [-0.25, -0.2) is 0 Å². The number of aliphatic carboxylic acids is 1. The molecule has 0 radical (unpaired) electrons. The maximum absolute atomic E-state index is 12.0. The number of rotatable bonds is 15. The summed E-state index contributed by atoms with van der Waals surface area (Å²) in [4.78, 5) is 22.5. The summed E-state index contributed by atoms with van der Waals surface area (Å²) in [6.45, 7) is 6.92. The van der Waals surface area contributed by atoms with Crippen molar-refractivity contribution in [2.75, 3.05) is 13.2 Å². The molecule has 0 saturated carbocycles. The molecule has 0 atom stereocenters. The van der Waals surface area contributed by atoms with Crippen LogP contribution in [0.4, 0.5) is 0 Å². The molecule has 0 heterocycles. The summed E-state index contributed by atoms with van der Waals surface area (Å²) < 4.78 is 16.9. The topological polar surface area (TPSA) is 82.1 Å². The Morgan fingerprint density at radius 2 is 1.39 bits per heavy atom. The van der Waals surface area contributed by atoms with Gasteiger partial charge in [0, 0.05) is 19.3 Å². The fraction of sp³-hybridized carbons (Fsp3) is 0.882. The quantitative estimate of drug-likeness (QED) is 0.278. The number of hydrogen-bond donors (Lipinski definition) is 1.